The lowest BCUT2D eigenvalue weighted by Gasteiger charge is -2.19. The first kappa shape index (κ1) is 15.5. The van der Waals surface area contributed by atoms with Gasteiger partial charge in [0.05, 0.1) is 6.61 Å². The van der Waals surface area contributed by atoms with E-state index in [9.17, 15) is 0 Å². The average molecular weight is 276 g/mol. The van der Waals surface area contributed by atoms with Crippen LogP contribution < -0.4 is 5.32 Å². The first-order chi connectivity index (χ1) is 9.83. The van der Waals surface area contributed by atoms with Crippen LogP contribution in [0.15, 0.2) is 24.3 Å². The molecule has 20 heavy (non-hydrogen) atoms. The number of benzene rings is 1. The Labute approximate surface area is 123 Å². The summed E-state index contributed by atoms with van der Waals surface area (Å²) in [4.78, 5) is 2.56. The summed E-state index contributed by atoms with van der Waals surface area (Å²) in [5.41, 5.74) is 2.66. The van der Waals surface area contributed by atoms with Crippen LogP contribution in [0.5, 0.6) is 0 Å². The second kappa shape index (κ2) is 8.40. The van der Waals surface area contributed by atoms with Gasteiger partial charge >= 0.3 is 0 Å². The SMILES string of the molecule is CCN1CCCC(NCc2ccccc2COC)CC1. The third-order valence-electron chi connectivity index (χ3n) is 4.27. The summed E-state index contributed by atoms with van der Waals surface area (Å²) < 4.78 is 5.27. The van der Waals surface area contributed by atoms with Crippen LogP contribution in [0.2, 0.25) is 0 Å². The van der Waals surface area contributed by atoms with Crippen molar-refractivity contribution in [1.82, 2.24) is 10.2 Å². The van der Waals surface area contributed by atoms with Gasteiger partial charge in [-0.15, -0.1) is 0 Å². The van der Waals surface area contributed by atoms with E-state index in [4.69, 9.17) is 4.74 Å². The number of rotatable bonds is 6. The van der Waals surface area contributed by atoms with Crippen molar-refractivity contribution in [1.29, 1.82) is 0 Å². The number of nitrogens with one attached hydrogen (secondary N) is 1. The molecule has 0 radical (unpaired) electrons. The molecule has 1 N–H and O–H groups in total. The fourth-order valence-electron chi connectivity index (χ4n) is 2.96. The lowest BCUT2D eigenvalue weighted by Crippen LogP contribution is -2.30. The molecule has 1 saturated heterocycles. The van der Waals surface area contributed by atoms with E-state index in [1.165, 1.54) is 50.0 Å². The highest BCUT2D eigenvalue weighted by molar-refractivity contribution is 5.26. The molecule has 1 unspecified atom stereocenters. The van der Waals surface area contributed by atoms with E-state index >= 15 is 0 Å². The topological polar surface area (TPSA) is 24.5 Å². The van der Waals surface area contributed by atoms with Gasteiger partial charge < -0.3 is 15.0 Å². The number of likely N-dealkylation sites (tertiary alicyclic amines) is 1. The smallest absolute Gasteiger partial charge is 0.0716 e. The molecule has 0 amide bonds. The summed E-state index contributed by atoms with van der Waals surface area (Å²) in [6.45, 7) is 7.59. The van der Waals surface area contributed by atoms with Crippen LogP contribution in [0.3, 0.4) is 0 Å². The molecule has 1 fully saturated rings. The Morgan fingerprint density at radius 2 is 2.00 bits per heavy atom. The van der Waals surface area contributed by atoms with Crippen molar-refractivity contribution in [2.24, 2.45) is 0 Å². The van der Waals surface area contributed by atoms with E-state index in [2.05, 4.69) is 41.4 Å². The van der Waals surface area contributed by atoms with Gasteiger partial charge in [-0.3, -0.25) is 0 Å². The Hall–Kier alpha value is -0.900. The molecule has 0 aromatic heterocycles. The van der Waals surface area contributed by atoms with Crippen LogP contribution in [0.4, 0.5) is 0 Å². The van der Waals surface area contributed by atoms with Gasteiger partial charge in [0.2, 0.25) is 0 Å². The highest BCUT2D eigenvalue weighted by Crippen LogP contribution is 2.14. The van der Waals surface area contributed by atoms with Crippen molar-refractivity contribution in [3.8, 4) is 0 Å². The zero-order valence-electron chi connectivity index (χ0n) is 12.9. The van der Waals surface area contributed by atoms with Crippen molar-refractivity contribution in [2.75, 3.05) is 26.7 Å². The molecule has 1 aromatic rings. The lowest BCUT2D eigenvalue weighted by molar-refractivity contribution is 0.184. The Morgan fingerprint density at radius 1 is 1.20 bits per heavy atom. The van der Waals surface area contributed by atoms with Crippen LogP contribution in [0, 0.1) is 0 Å². The van der Waals surface area contributed by atoms with Gasteiger partial charge in [0, 0.05) is 19.7 Å². The standard InChI is InChI=1S/C17H28N2O/c1-3-19-11-6-9-17(10-12-19)18-13-15-7-4-5-8-16(15)14-20-2/h4-5,7-8,17-18H,3,6,9-14H2,1-2H3. The number of nitrogens with zero attached hydrogens (tertiary/aromatic N) is 1. The van der Waals surface area contributed by atoms with E-state index in [-0.39, 0.29) is 0 Å². The van der Waals surface area contributed by atoms with Crippen molar-refractivity contribution in [3.63, 3.8) is 0 Å². The normalized spacial score (nSPS) is 20.8. The van der Waals surface area contributed by atoms with Gasteiger partial charge in [0.25, 0.3) is 0 Å². The second-order valence-electron chi connectivity index (χ2n) is 5.64. The third-order valence-corrected chi connectivity index (χ3v) is 4.27. The molecule has 0 aliphatic carbocycles. The summed E-state index contributed by atoms with van der Waals surface area (Å²) >= 11 is 0. The molecule has 1 atom stereocenters. The predicted molar refractivity (Wildman–Crippen MR) is 83.7 cm³/mol. The first-order valence-corrected chi connectivity index (χ1v) is 7.85. The Bertz CT molecular complexity index is 394. The summed E-state index contributed by atoms with van der Waals surface area (Å²) in [6, 6.07) is 9.22. The molecule has 3 nitrogen and oxygen atoms in total. The minimum absolute atomic E-state index is 0.655. The zero-order valence-corrected chi connectivity index (χ0v) is 12.9. The maximum atomic E-state index is 5.27. The van der Waals surface area contributed by atoms with Gasteiger partial charge in [-0.2, -0.15) is 0 Å². The largest absolute Gasteiger partial charge is 0.380 e. The van der Waals surface area contributed by atoms with Crippen molar-refractivity contribution in [2.45, 2.75) is 45.4 Å². The Morgan fingerprint density at radius 3 is 2.75 bits per heavy atom. The van der Waals surface area contributed by atoms with Crippen molar-refractivity contribution < 1.29 is 4.74 Å². The van der Waals surface area contributed by atoms with Crippen LogP contribution in [-0.4, -0.2) is 37.7 Å². The highest BCUT2D eigenvalue weighted by Gasteiger charge is 2.15. The van der Waals surface area contributed by atoms with E-state index < -0.39 is 0 Å². The molecular weight excluding hydrogens is 248 g/mol. The summed E-state index contributed by atoms with van der Waals surface area (Å²) in [7, 11) is 1.76. The lowest BCUT2D eigenvalue weighted by atomic mass is 10.1. The van der Waals surface area contributed by atoms with Crippen molar-refractivity contribution in [3.05, 3.63) is 35.4 Å². The number of ether oxygens (including phenoxy) is 1. The van der Waals surface area contributed by atoms with Gasteiger partial charge in [-0.05, 0) is 50.0 Å². The first-order valence-electron chi connectivity index (χ1n) is 7.85. The molecule has 1 aliphatic rings. The molecule has 1 aromatic carbocycles. The fraction of sp³-hybridized carbons (Fsp3) is 0.647. The molecule has 1 aliphatic heterocycles. The molecule has 1 heterocycles. The van der Waals surface area contributed by atoms with Crippen LogP contribution in [0.25, 0.3) is 0 Å². The van der Waals surface area contributed by atoms with E-state index in [1.807, 2.05) is 0 Å². The zero-order chi connectivity index (χ0) is 14.2. The maximum absolute atomic E-state index is 5.27. The van der Waals surface area contributed by atoms with Crippen LogP contribution >= 0.6 is 0 Å². The fourth-order valence-corrected chi connectivity index (χ4v) is 2.96. The Kier molecular flexibility index (Phi) is 6.51. The van der Waals surface area contributed by atoms with E-state index in [1.54, 1.807) is 7.11 Å². The van der Waals surface area contributed by atoms with Crippen LogP contribution in [-0.2, 0) is 17.9 Å². The van der Waals surface area contributed by atoms with Gasteiger partial charge in [-0.25, -0.2) is 0 Å². The third kappa shape index (κ3) is 4.58. The van der Waals surface area contributed by atoms with Gasteiger partial charge in [0.1, 0.15) is 0 Å². The molecule has 0 bridgehead atoms. The molecule has 0 saturated carbocycles. The van der Waals surface area contributed by atoms with Gasteiger partial charge in [0.15, 0.2) is 0 Å². The minimum atomic E-state index is 0.655. The maximum Gasteiger partial charge on any atom is 0.0716 e. The van der Waals surface area contributed by atoms with Crippen molar-refractivity contribution >= 4 is 0 Å². The molecule has 3 heteroatoms. The summed E-state index contributed by atoms with van der Waals surface area (Å²) in [5, 5.41) is 3.74. The monoisotopic (exact) mass is 276 g/mol. The molecule has 2 rings (SSSR count). The summed E-state index contributed by atoms with van der Waals surface area (Å²) in [5.74, 6) is 0. The van der Waals surface area contributed by atoms with E-state index in [0.29, 0.717) is 12.6 Å². The highest BCUT2D eigenvalue weighted by atomic mass is 16.5. The quantitative estimate of drug-likeness (QED) is 0.864. The van der Waals surface area contributed by atoms with Gasteiger partial charge in [-0.1, -0.05) is 31.2 Å². The summed E-state index contributed by atoms with van der Waals surface area (Å²) in [6.07, 6.45) is 3.87. The number of hydrogen-bond acceptors (Lipinski definition) is 3. The number of methoxy groups -OCH3 is 1. The number of hydrogen-bond donors (Lipinski definition) is 1. The van der Waals surface area contributed by atoms with E-state index in [0.717, 1.165) is 6.54 Å². The second-order valence-corrected chi connectivity index (χ2v) is 5.64. The molecule has 0 spiro atoms. The predicted octanol–water partition coefficient (Wildman–Crippen LogP) is 2.80. The van der Waals surface area contributed by atoms with Crippen LogP contribution in [0.1, 0.15) is 37.3 Å². The average Bonchev–Trinajstić information content (AvgIpc) is 2.72. The minimum Gasteiger partial charge on any atom is -0.380 e. The molecular formula is C17H28N2O. The molecule has 112 valence electrons. The Balaban J connectivity index is 1.85.